The van der Waals surface area contributed by atoms with Gasteiger partial charge in [-0.3, -0.25) is 4.79 Å². The van der Waals surface area contributed by atoms with Crippen molar-refractivity contribution in [2.45, 2.75) is 65.1 Å². The van der Waals surface area contributed by atoms with E-state index in [2.05, 4.69) is 15.6 Å². The number of aromatic hydroxyl groups is 1. The Balaban J connectivity index is 2.88. The molecule has 0 saturated heterocycles. The van der Waals surface area contributed by atoms with E-state index in [0.717, 1.165) is 0 Å². The van der Waals surface area contributed by atoms with Crippen molar-refractivity contribution in [3.63, 3.8) is 0 Å². The van der Waals surface area contributed by atoms with Crippen LogP contribution in [-0.2, 0) is 20.7 Å². The molecule has 0 aliphatic rings. The minimum Gasteiger partial charge on any atom is -0.493 e. The lowest BCUT2D eigenvalue weighted by Gasteiger charge is -2.25. The first kappa shape index (κ1) is 23.2. The van der Waals surface area contributed by atoms with E-state index in [1.165, 1.54) is 12.3 Å². The number of rotatable bonds is 8. The van der Waals surface area contributed by atoms with Crippen molar-refractivity contribution in [1.82, 2.24) is 15.6 Å². The van der Waals surface area contributed by atoms with E-state index in [1.54, 1.807) is 26.8 Å². The Hall–Kier alpha value is -2.84. The zero-order valence-corrected chi connectivity index (χ0v) is 16.9. The molecule has 0 fully saturated rings. The number of carboxylic acids is 1. The number of nitrogens with one attached hydrogen (secondary N) is 2. The second kappa shape index (κ2) is 9.91. The fourth-order valence-corrected chi connectivity index (χ4v) is 2.43. The number of amides is 2. The fourth-order valence-electron chi connectivity index (χ4n) is 2.43. The molecule has 2 amide bonds. The van der Waals surface area contributed by atoms with Gasteiger partial charge in [-0.2, -0.15) is 0 Å². The number of ether oxygens (including phenoxy) is 1. The molecule has 156 valence electrons. The van der Waals surface area contributed by atoms with E-state index in [1.807, 2.05) is 13.8 Å². The Morgan fingerprint density at radius 2 is 1.82 bits per heavy atom. The SMILES string of the molecule is CC(C)CC(NC(=O)OC(C)(C)C)C(=O)NC(Cc1cccnc1O)C(=O)O. The van der Waals surface area contributed by atoms with Gasteiger partial charge in [-0.05, 0) is 39.2 Å². The van der Waals surface area contributed by atoms with Crippen molar-refractivity contribution in [2.24, 2.45) is 5.92 Å². The molecule has 1 heterocycles. The number of nitrogens with zero attached hydrogens (tertiary/aromatic N) is 1. The summed E-state index contributed by atoms with van der Waals surface area (Å²) < 4.78 is 5.18. The average Bonchev–Trinajstić information content (AvgIpc) is 2.53. The maximum Gasteiger partial charge on any atom is 0.408 e. The van der Waals surface area contributed by atoms with Gasteiger partial charge in [0.2, 0.25) is 11.8 Å². The van der Waals surface area contributed by atoms with Crippen LogP contribution < -0.4 is 10.6 Å². The molecule has 0 aromatic carbocycles. The number of carboxylic acid groups (broad SMARTS) is 1. The van der Waals surface area contributed by atoms with E-state index in [-0.39, 0.29) is 23.8 Å². The number of carbonyl (C=O) groups is 3. The van der Waals surface area contributed by atoms with Crippen LogP contribution in [0.4, 0.5) is 4.79 Å². The molecule has 0 bridgehead atoms. The lowest BCUT2D eigenvalue weighted by molar-refractivity contribution is -0.142. The maximum atomic E-state index is 12.6. The van der Waals surface area contributed by atoms with Crippen molar-refractivity contribution < 1.29 is 29.3 Å². The predicted molar refractivity (Wildman–Crippen MR) is 102 cm³/mol. The van der Waals surface area contributed by atoms with E-state index < -0.39 is 35.7 Å². The molecule has 1 aromatic heterocycles. The van der Waals surface area contributed by atoms with Crippen LogP contribution in [0.25, 0.3) is 0 Å². The zero-order valence-electron chi connectivity index (χ0n) is 16.9. The number of pyridine rings is 1. The molecule has 0 radical (unpaired) electrons. The second-order valence-corrected chi connectivity index (χ2v) is 7.92. The van der Waals surface area contributed by atoms with Crippen molar-refractivity contribution in [3.8, 4) is 5.88 Å². The normalized spacial score (nSPS) is 13.5. The van der Waals surface area contributed by atoms with Crippen LogP contribution in [-0.4, -0.2) is 50.9 Å². The molecular weight excluding hydrogens is 366 g/mol. The Morgan fingerprint density at radius 1 is 1.18 bits per heavy atom. The third-order valence-electron chi connectivity index (χ3n) is 3.62. The summed E-state index contributed by atoms with van der Waals surface area (Å²) >= 11 is 0. The molecule has 2 unspecified atom stereocenters. The highest BCUT2D eigenvalue weighted by molar-refractivity contribution is 5.89. The number of carbonyl (C=O) groups excluding carboxylic acids is 2. The molecule has 4 N–H and O–H groups in total. The Kier molecular flexibility index (Phi) is 8.21. The van der Waals surface area contributed by atoms with Crippen LogP contribution in [0, 0.1) is 5.92 Å². The quantitative estimate of drug-likeness (QED) is 0.527. The topological polar surface area (TPSA) is 138 Å². The zero-order chi connectivity index (χ0) is 21.5. The third kappa shape index (κ3) is 8.24. The monoisotopic (exact) mass is 395 g/mol. The first-order valence-electron chi connectivity index (χ1n) is 9.04. The van der Waals surface area contributed by atoms with Crippen LogP contribution in [0.1, 0.15) is 46.6 Å². The van der Waals surface area contributed by atoms with Crippen LogP contribution >= 0.6 is 0 Å². The number of aromatic nitrogens is 1. The van der Waals surface area contributed by atoms with E-state index in [0.29, 0.717) is 6.42 Å². The first-order chi connectivity index (χ1) is 12.9. The summed E-state index contributed by atoms with van der Waals surface area (Å²) in [6.07, 6.45) is 0.762. The minimum absolute atomic E-state index is 0.0660. The van der Waals surface area contributed by atoms with Gasteiger partial charge in [0.25, 0.3) is 0 Å². The van der Waals surface area contributed by atoms with Gasteiger partial charge in [0, 0.05) is 18.2 Å². The highest BCUT2D eigenvalue weighted by Crippen LogP contribution is 2.15. The number of hydrogen-bond acceptors (Lipinski definition) is 6. The van der Waals surface area contributed by atoms with Gasteiger partial charge in [0.05, 0.1) is 0 Å². The Morgan fingerprint density at radius 3 is 2.32 bits per heavy atom. The molecule has 9 nitrogen and oxygen atoms in total. The van der Waals surface area contributed by atoms with Gasteiger partial charge in [-0.1, -0.05) is 19.9 Å². The third-order valence-corrected chi connectivity index (χ3v) is 3.62. The lowest BCUT2D eigenvalue weighted by Crippen LogP contribution is -2.53. The molecule has 0 aliphatic carbocycles. The smallest absolute Gasteiger partial charge is 0.408 e. The largest absolute Gasteiger partial charge is 0.493 e. The van der Waals surface area contributed by atoms with Gasteiger partial charge < -0.3 is 25.6 Å². The minimum atomic E-state index is -1.29. The highest BCUT2D eigenvalue weighted by atomic mass is 16.6. The van der Waals surface area contributed by atoms with Gasteiger partial charge in [0.15, 0.2) is 0 Å². The van der Waals surface area contributed by atoms with Crippen molar-refractivity contribution >= 4 is 18.0 Å². The first-order valence-corrected chi connectivity index (χ1v) is 9.04. The van der Waals surface area contributed by atoms with E-state index in [9.17, 15) is 24.6 Å². The van der Waals surface area contributed by atoms with E-state index >= 15 is 0 Å². The summed E-state index contributed by atoms with van der Waals surface area (Å²) in [5.74, 6) is -2.14. The maximum absolute atomic E-state index is 12.6. The molecule has 2 atom stereocenters. The molecule has 0 spiro atoms. The standard InChI is InChI=1S/C19H29N3O6/c1-11(2)9-13(22-18(27)28-19(3,4)5)16(24)21-14(17(25)26)10-12-7-6-8-20-15(12)23/h6-8,11,13-14H,9-10H2,1-5H3,(H,20,23)(H,21,24)(H,22,27)(H,25,26). The summed E-state index contributed by atoms with van der Waals surface area (Å²) in [6, 6.07) is 0.827. The summed E-state index contributed by atoms with van der Waals surface area (Å²) in [5, 5.41) is 24.1. The van der Waals surface area contributed by atoms with Crippen LogP contribution in [0.5, 0.6) is 5.88 Å². The Bertz CT molecular complexity index is 699. The predicted octanol–water partition coefficient (Wildman–Crippen LogP) is 1.84. The molecular formula is C19H29N3O6. The average molecular weight is 395 g/mol. The molecule has 1 rings (SSSR count). The van der Waals surface area contributed by atoms with Gasteiger partial charge >= 0.3 is 12.1 Å². The summed E-state index contributed by atoms with van der Waals surface area (Å²) in [6.45, 7) is 8.85. The highest BCUT2D eigenvalue weighted by Gasteiger charge is 2.29. The summed E-state index contributed by atoms with van der Waals surface area (Å²) in [5.41, 5.74) is -0.444. The van der Waals surface area contributed by atoms with Crippen molar-refractivity contribution in [1.29, 1.82) is 0 Å². The fraction of sp³-hybridized carbons (Fsp3) is 0.579. The number of alkyl carbamates (subject to hydrolysis) is 1. The molecule has 9 heteroatoms. The Labute approximate surface area is 164 Å². The molecule has 28 heavy (non-hydrogen) atoms. The summed E-state index contributed by atoms with van der Waals surface area (Å²) in [4.78, 5) is 40.0. The van der Waals surface area contributed by atoms with Crippen LogP contribution in [0.15, 0.2) is 18.3 Å². The van der Waals surface area contributed by atoms with Crippen molar-refractivity contribution in [2.75, 3.05) is 0 Å². The second-order valence-electron chi connectivity index (χ2n) is 7.92. The van der Waals surface area contributed by atoms with Gasteiger partial charge in [0.1, 0.15) is 17.7 Å². The van der Waals surface area contributed by atoms with Crippen LogP contribution in [0.2, 0.25) is 0 Å². The molecule has 1 aromatic rings. The van der Waals surface area contributed by atoms with Gasteiger partial charge in [-0.25, -0.2) is 14.6 Å². The molecule has 0 aliphatic heterocycles. The van der Waals surface area contributed by atoms with Crippen LogP contribution in [0.3, 0.4) is 0 Å². The number of hydrogen-bond donors (Lipinski definition) is 4. The lowest BCUT2D eigenvalue weighted by atomic mass is 10.0. The van der Waals surface area contributed by atoms with Gasteiger partial charge in [-0.15, -0.1) is 0 Å². The van der Waals surface area contributed by atoms with Crippen molar-refractivity contribution in [3.05, 3.63) is 23.9 Å². The van der Waals surface area contributed by atoms with E-state index in [4.69, 9.17) is 4.74 Å². The molecule has 0 saturated carbocycles. The number of aliphatic carboxylic acids is 1. The summed E-state index contributed by atoms with van der Waals surface area (Å²) in [7, 11) is 0.